The summed E-state index contributed by atoms with van der Waals surface area (Å²) in [6, 6.07) is -1.57. The minimum atomic E-state index is -3.45. The normalized spacial score (nSPS) is 14.1. The molecule has 0 fully saturated rings. The number of aliphatic hydroxyl groups excluding tert-OH is 4. The molecule has 0 heterocycles. The first-order chi connectivity index (χ1) is 19.7. The van der Waals surface area contributed by atoms with Crippen LogP contribution in [0.4, 0.5) is 0 Å². The summed E-state index contributed by atoms with van der Waals surface area (Å²) in [5, 5.41) is 47.6. The number of methoxy groups -OCH3 is 2. The number of carbonyl (C=O) groups is 3. The van der Waals surface area contributed by atoms with Gasteiger partial charge < -0.3 is 57.1 Å². The lowest BCUT2D eigenvalue weighted by Crippen LogP contribution is -2.33. The van der Waals surface area contributed by atoms with E-state index in [0.717, 1.165) is 6.42 Å². The van der Waals surface area contributed by atoms with Gasteiger partial charge in [-0.3, -0.25) is 28.0 Å². The zero-order chi connectivity index (χ0) is 33.6. The number of halogens is 1. The first-order valence-corrected chi connectivity index (χ1v) is 14.3. The molecule has 262 valence electrons. The molecule has 0 aliphatic carbocycles. The zero-order valence-electron chi connectivity index (χ0n) is 25.8. The molecule has 0 rings (SSSR count). The minimum absolute atomic E-state index is 0. The third-order valence-electron chi connectivity index (χ3n) is 4.57. The van der Waals surface area contributed by atoms with Gasteiger partial charge in [0.05, 0.1) is 79.2 Å². The highest BCUT2D eigenvalue weighted by Gasteiger charge is 2.25. The Morgan fingerprint density at radius 2 is 1.21 bits per heavy atom. The minimum Gasteiger partial charge on any atom is -0.481 e. The molecular formula is C23H54ClN4O14P. The number of carboxylic acid groups (broad SMARTS) is 1. The fraction of sp³-hybridized carbons (Fsp3) is 0.870. The number of hydrogen-bond acceptors (Lipinski definition) is 17. The highest BCUT2D eigenvalue weighted by molar-refractivity contribution is 7.48. The topological polar surface area (TPSA) is 292 Å². The molecule has 5 unspecified atom stereocenters. The molecule has 0 radical (unpaired) electrons. The highest BCUT2D eigenvalue weighted by Crippen LogP contribution is 2.48. The number of carbonyl (C=O) groups excluding carboxylic acids is 2. The molecule has 43 heavy (non-hydrogen) atoms. The Morgan fingerprint density at radius 3 is 1.51 bits per heavy atom. The summed E-state index contributed by atoms with van der Waals surface area (Å²) < 4.78 is 35.1. The molecule has 18 nitrogen and oxygen atoms in total. The summed E-state index contributed by atoms with van der Waals surface area (Å²) in [5.74, 6) is -1.68. The van der Waals surface area contributed by atoms with Crippen LogP contribution in [0.25, 0.3) is 0 Å². The van der Waals surface area contributed by atoms with E-state index in [0.29, 0.717) is 6.61 Å². The van der Waals surface area contributed by atoms with E-state index in [9.17, 15) is 18.9 Å². The van der Waals surface area contributed by atoms with E-state index in [-0.39, 0.29) is 82.8 Å². The lowest BCUT2D eigenvalue weighted by Gasteiger charge is -2.18. The molecule has 0 spiro atoms. The van der Waals surface area contributed by atoms with Crippen LogP contribution in [-0.2, 0) is 42.0 Å². The van der Waals surface area contributed by atoms with Gasteiger partial charge in [-0.25, -0.2) is 4.57 Å². The van der Waals surface area contributed by atoms with Gasteiger partial charge in [-0.1, -0.05) is 6.92 Å². The first-order valence-electron chi connectivity index (χ1n) is 12.8. The fourth-order valence-electron chi connectivity index (χ4n) is 1.95. The summed E-state index contributed by atoms with van der Waals surface area (Å²) in [6.07, 6.45) is 0.846. The average molecular weight is 677 g/mol. The lowest BCUT2D eigenvalue weighted by atomic mass is 10.2. The molecule has 0 amide bonds. The molecule has 0 aliphatic heterocycles. The number of rotatable bonds is 19. The Labute approximate surface area is 259 Å². The molecule has 0 aromatic carbocycles. The largest absolute Gasteiger partial charge is 0.481 e. The predicted molar refractivity (Wildman–Crippen MR) is 160 cm³/mol. The van der Waals surface area contributed by atoms with Gasteiger partial charge in [0, 0.05) is 25.2 Å². The van der Waals surface area contributed by atoms with Crippen molar-refractivity contribution in [2.24, 2.45) is 11.5 Å². The molecule has 11 N–H and O–H groups in total. The Morgan fingerprint density at radius 1 is 0.767 bits per heavy atom. The van der Waals surface area contributed by atoms with Crippen LogP contribution < -0.4 is 22.1 Å². The molecule has 5 atom stereocenters. The number of carboxylic acids is 1. The van der Waals surface area contributed by atoms with Crippen LogP contribution in [0.5, 0.6) is 0 Å². The van der Waals surface area contributed by atoms with Gasteiger partial charge in [0.15, 0.2) is 0 Å². The molecule has 0 aromatic heterocycles. The van der Waals surface area contributed by atoms with Crippen LogP contribution in [-0.4, -0.2) is 143 Å². The molecular weight excluding hydrogens is 623 g/mol. The van der Waals surface area contributed by atoms with Crippen molar-refractivity contribution in [3.63, 3.8) is 0 Å². The fourth-order valence-corrected chi connectivity index (χ4v) is 3.00. The van der Waals surface area contributed by atoms with Gasteiger partial charge in [-0.05, 0) is 20.5 Å². The second kappa shape index (κ2) is 35.0. The maximum Gasteiger partial charge on any atom is 0.474 e. The lowest BCUT2D eigenvalue weighted by molar-refractivity contribution is -0.142. The molecule has 20 heteroatoms. The predicted octanol–water partition coefficient (Wildman–Crippen LogP) is -2.03. The maximum atomic E-state index is 11.7. The summed E-state index contributed by atoms with van der Waals surface area (Å²) in [6.45, 7) is 1.67. The van der Waals surface area contributed by atoms with E-state index in [1.165, 1.54) is 21.3 Å². The smallest absolute Gasteiger partial charge is 0.474 e. The number of nitrogens with one attached hydrogen (secondary N) is 2. The number of aliphatic hydroxyl groups is 4. The number of phosphoric ester groups is 1. The second-order valence-corrected chi connectivity index (χ2v) is 9.91. The Bertz CT molecular complexity index is 707. The first kappa shape index (κ1) is 51.1. The number of hydrogen-bond donors (Lipinski definition) is 9. The monoisotopic (exact) mass is 676 g/mol. The van der Waals surface area contributed by atoms with Crippen LogP contribution in [0, 0.1) is 0 Å². The van der Waals surface area contributed by atoms with Crippen molar-refractivity contribution in [2.45, 2.75) is 56.8 Å². The Balaban J connectivity index is -0.000000153. The number of ether oxygens (including phenoxy) is 2. The van der Waals surface area contributed by atoms with Gasteiger partial charge in [-0.15, -0.1) is 12.4 Å². The van der Waals surface area contributed by atoms with Crippen molar-refractivity contribution < 1.29 is 67.5 Å². The van der Waals surface area contributed by atoms with Crippen LogP contribution >= 0.6 is 20.2 Å². The van der Waals surface area contributed by atoms with Crippen LogP contribution in [0.15, 0.2) is 0 Å². The third kappa shape index (κ3) is 36.6. The van der Waals surface area contributed by atoms with E-state index in [2.05, 4.69) is 24.6 Å². The third-order valence-corrected chi connectivity index (χ3v) is 5.98. The van der Waals surface area contributed by atoms with Gasteiger partial charge in [-0.2, -0.15) is 0 Å². The van der Waals surface area contributed by atoms with Crippen LogP contribution in [0.2, 0.25) is 0 Å². The summed E-state index contributed by atoms with van der Waals surface area (Å²) in [4.78, 5) is 30.7. The maximum absolute atomic E-state index is 11.7. The van der Waals surface area contributed by atoms with Gasteiger partial charge in [0.1, 0.15) is 0 Å². The number of phosphoric acid groups is 1. The quantitative estimate of drug-likeness (QED) is 0.0526. The van der Waals surface area contributed by atoms with Crippen LogP contribution in [0.3, 0.4) is 0 Å². The summed E-state index contributed by atoms with van der Waals surface area (Å²) in [5.41, 5.74) is 10.2. The second-order valence-electron chi connectivity index (χ2n) is 8.14. The van der Waals surface area contributed by atoms with Crippen molar-refractivity contribution in [3.8, 4) is 0 Å². The van der Waals surface area contributed by atoms with Gasteiger partial charge in [0.25, 0.3) is 0 Å². The molecule has 0 saturated heterocycles. The van der Waals surface area contributed by atoms with E-state index in [1.54, 1.807) is 14.1 Å². The van der Waals surface area contributed by atoms with Crippen molar-refractivity contribution in [2.75, 3.05) is 75.1 Å². The van der Waals surface area contributed by atoms with Crippen molar-refractivity contribution in [1.29, 1.82) is 0 Å². The summed E-state index contributed by atoms with van der Waals surface area (Å²) in [7, 11) is 3.79. The number of aliphatic carboxylic acids is 1. The molecule has 0 aromatic rings. The van der Waals surface area contributed by atoms with Crippen LogP contribution in [0.1, 0.15) is 32.6 Å². The van der Waals surface area contributed by atoms with Gasteiger partial charge >= 0.3 is 25.7 Å². The molecule has 0 saturated carbocycles. The van der Waals surface area contributed by atoms with Gasteiger partial charge in [0.2, 0.25) is 0 Å². The average Bonchev–Trinajstić information content (AvgIpc) is 2.99. The zero-order valence-corrected chi connectivity index (χ0v) is 27.5. The molecule has 0 aliphatic rings. The Kier molecular flexibility index (Phi) is 41.6. The summed E-state index contributed by atoms with van der Waals surface area (Å²) >= 11 is 0. The van der Waals surface area contributed by atoms with E-state index >= 15 is 0 Å². The van der Waals surface area contributed by atoms with E-state index in [1.807, 2.05) is 6.92 Å². The van der Waals surface area contributed by atoms with Crippen molar-refractivity contribution in [3.05, 3.63) is 0 Å². The number of likely N-dealkylation sites (N-methyl/N-ethyl adjacent to an activating group) is 2. The Hall–Kier alpha value is -1.51. The SMILES string of the molecule is CCCOP(=O)(OC)OCC(CO)NC.CNC(CO)CC(=O)OC.COC(=O)CC(N)CO.Cl.NC(CO)CC(=O)O. The highest BCUT2D eigenvalue weighted by atomic mass is 35.5. The standard InChI is InChI=1S/C8H20NO5P.C6H13NO3.C5H11NO3.C4H9NO3.ClH/c1-4-5-13-15(11,12-3)14-7-8(6-10)9-2;1-7-5(4-8)3-6(9)10-2;1-9-5(8)2-4(6)3-7;5-3(2-6)1-4(7)8;/h8-10H,4-7H2,1-3H3;5,7-8H,3-4H2,1-2H3;4,7H,2-3,6H2,1H3;3,6H,1-2,5H2,(H,7,8);1H. The van der Waals surface area contributed by atoms with E-state index < -0.39 is 31.8 Å². The van der Waals surface area contributed by atoms with E-state index in [4.69, 9.17) is 46.0 Å². The number of nitrogens with two attached hydrogens (primary N) is 2. The van der Waals surface area contributed by atoms with Crippen molar-refractivity contribution in [1.82, 2.24) is 10.6 Å². The van der Waals surface area contributed by atoms with Crippen molar-refractivity contribution >= 4 is 38.1 Å². The molecule has 0 bridgehead atoms. The number of esters is 2.